The van der Waals surface area contributed by atoms with E-state index < -0.39 is 0 Å². The van der Waals surface area contributed by atoms with Gasteiger partial charge in [0.1, 0.15) is 4.70 Å². The van der Waals surface area contributed by atoms with Crippen molar-refractivity contribution < 1.29 is 0 Å². The number of halogens is 1. The van der Waals surface area contributed by atoms with E-state index in [0.29, 0.717) is 6.54 Å². The fourth-order valence-electron chi connectivity index (χ4n) is 3.16. The summed E-state index contributed by atoms with van der Waals surface area (Å²) in [5.74, 6) is 0.719. The monoisotopic (exact) mass is 440 g/mol. The number of nitrogens with zero attached hydrogens (tertiary/aromatic N) is 2. The maximum atomic E-state index is 13.2. The van der Waals surface area contributed by atoms with Crippen molar-refractivity contribution in [3.05, 3.63) is 81.1 Å². The van der Waals surface area contributed by atoms with Crippen LogP contribution in [-0.2, 0) is 12.3 Å². The number of hydrogen-bond acceptors (Lipinski definition) is 4. The van der Waals surface area contributed by atoms with Crippen LogP contribution in [0.5, 0.6) is 0 Å². The summed E-state index contributed by atoms with van der Waals surface area (Å²) in [5, 5.41) is 1.48. The summed E-state index contributed by atoms with van der Waals surface area (Å²) in [4.78, 5) is 19.1. The van der Waals surface area contributed by atoms with E-state index in [-0.39, 0.29) is 5.56 Å². The van der Waals surface area contributed by atoms with Crippen LogP contribution in [0.3, 0.4) is 0 Å². The van der Waals surface area contributed by atoms with Gasteiger partial charge in [-0.2, -0.15) is 0 Å². The Bertz CT molecular complexity index is 1210. The molecule has 0 aliphatic rings. The molecular weight excluding hydrogens is 420 g/mol. The lowest BCUT2D eigenvalue weighted by molar-refractivity contribution is 0.585. The van der Waals surface area contributed by atoms with Crippen molar-refractivity contribution in [3.8, 4) is 10.4 Å². The van der Waals surface area contributed by atoms with Gasteiger partial charge >= 0.3 is 0 Å². The van der Waals surface area contributed by atoms with E-state index in [2.05, 4.69) is 38.1 Å². The zero-order valence-corrected chi connectivity index (χ0v) is 18.7. The third kappa shape index (κ3) is 4.42. The van der Waals surface area contributed by atoms with Gasteiger partial charge in [0, 0.05) is 22.2 Å². The molecule has 0 fully saturated rings. The van der Waals surface area contributed by atoms with Crippen LogP contribution in [0.25, 0.3) is 20.7 Å². The smallest absolute Gasteiger partial charge is 0.272 e. The highest BCUT2D eigenvalue weighted by atomic mass is 35.5. The van der Waals surface area contributed by atoms with Gasteiger partial charge < -0.3 is 0 Å². The van der Waals surface area contributed by atoms with Crippen molar-refractivity contribution in [2.24, 2.45) is 0 Å². The largest absolute Gasteiger partial charge is 0.286 e. The molecule has 6 heteroatoms. The van der Waals surface area contributed by atoms with Crippen molar-refractivity contribution in [1.29, 1.82) is 0 Å². The minimum Gasteiger partial charge on any atom is -0.286 e. The summed E-state index contributed by atoms with van der Waals surface area (Å²) in [7, 11) is 0. The van der Waals surface area contributed by atoms with E-state index in [1.165, 1.54) is 16.9 Å². The van der Waals surface area contributed by atoms with Crippen molar-refractivity contribution in [2.45, 2.75) is 37.7 Å². The lowest BCUT2D eigenvalue weighted by Crippen LogP contribution is -2.22. The molecule has 0 spiro atoms. The van der Waals surface area contributed by atoms with Gasteiger partial charge in [-0.15, -0.1) is 11.3 Å². The molecule has 0 atom stereocenters. The maximum Gasteiger partial charge on any atom is 0.272 e. The molecule has 0 bridgehead atoms. The topological polar surface area (TPSA) is 34.9 Å². The summed E-state index contributed by atoms with van der Waals surface area (Å²) in [5.41, 5.74) is 4.28. The Hall–Kier alpha value is -2.08. The number of benzene rings is 2. The van der Waals surface area contributed by atoms with Gasteiger partial charge in [0.2, 0.25) is 0 Å². The summed E-state index contributed by atoms with van der Waals surface area (Å²) in [6.07, 6.45) is 0.883. The number of thiophene rings is 1. The van der Waals surface area contributed by atoms with Crippen LogP contribution in [0.15, 0.2) is 64.5 Å². The maximum absolute atomic E-state index is 13.2. The molecule has 2 aromatic carbocycles. The first-order chi connectivity index (χ1) is 14.0. The van der Waals surface area contributed by atoms with E-state index in [1.54, 1.807) is 11.8 Å². The number of rotatable bonds is 6. The Kier molecular flexibility index (Phi) is 6.09. The van der Waals surface area contributed by atoms with E-state index in [9.17, 15) is 4.79 Å². The Morgan fingerprint density at radius 2 is 1.93 bits per heavy atom. The van der Waals surface area contributed by atoms with Crippen LogP contribution in [0, 0.1) is 6.92 Å². The van der Waals surface area contributed by atoms with Gasteiger partial charge in [-0.1, -0.05) is 72.2 Å². The number of hydrogen-bond donors (Lipinski definition) is 0. The molecule has 0 saturated heterocycles. The van der Waals surface area contributed by atoms with Crippen LogP contribution in [0.1, 0.15) is 24.5 Å². The number of thioether (sulfide) groups is 1. The predicted octanol–water partition coefficient (Wildman–Crippen LogP) is 6.79. The minimum absolute atomic E-state index is 0.0498. The van der Waals surface area contributed by atoms with Crippen molar-refractivity contribution in [3.63, 3.8) is 0 Å². The first kappa shape index (κ1) is 20.2. The van der Waals surface area contributed by atoms with Gasteiger partial charge in [0.05, 0.1) is 5.52 Å². The van der Waals surface area contributed by atoms with Crippen LogP contribution in [-0.4, -0.2) is 9.55 Å². The third-order valence-electron chi connectivity index (χ3n) is 4.64. The second-order valence-electron chi connectivity index (χ2n) is 6.96. The summed E-state index contributed by atoms with van der Waals surface area (Å²) in [6, 6.07) is 18.2. The van der Waals surface area contributed by atoms with E-state index in [4.69, 9.17) is 16.6 Å². The molecular formula is C23H21ClN2OS2. The highest BCUT2D eigenvalue weighted by Crippen LogP contribution is 2.33. The molecule has 4 aromatic rings. The normalized spacial score (nSPS) is 11.3. The molecule has 148 valence electrons. The Balaban J connectivity index is 1.73. The molecule has 0 aliphatic heterocycles. The zero-order chi connectivity index (χ0) is 20.4. The molecule has 0 aliphatic carbocycles. The highest BCUT2D eigenvalue weighted by molar-refractivity contribution is 7.98. The highest BCUT2D eigenvalue weighted by Gasteiger charge is 2.15. The van der Waals surface area contributed by atoms with Gasteiger partial charge in [-0.25, -0.2) is 4.98 Å². The second kappa shape index (κ2) is 8.74. The number of fused-ring (bicyclic) bond motifs is 1. The van der Waals surface area contributed by atoms with E-state index in [1.807, 2.05) is 34.9 Å². The fourth-order valence-corrected chi connectivity index (χ4v) is 5.39. The van der Waals surface area contributed by atoms with E-state index in [0.717, 1.165) is 48.6 Å². The molecule has 2 aromatic heterocycles. The molecule has 29 heavy (non-hydrogen) atoms. The van der Waals surface area contributed by atoms with Gasteiger partial charge in [0.25, 0.3) is 5.56 Å². The first-order valence-corrected chi connectivity index (χ1v) is 11.7. The van der Waals surface area contributed by atoms with Crippen molar-refractivity contribution >= 4 is 44.9 Å². The predicted molar refractivity (Wildman–Crippen MR) is 125 cm³/mol. The third-order valence-corrected chi connectivity index (χ3v) is 7.08. The fraction of sp³-hybridized carbons (Fsp3) is 0.217. The number of aromatic nitrogens is 2. The van der Waals surface area contributed by atoms with E-state index >= 15 is 0 Å². The minimum atomic E-state index is 0.0498. The van der Waals surface area contributed by atoms with Crippen LogP contribution in [0.2, 0.25) is 5.02 Å². The summed E-state index contributed by atoms with van der Waals surface area (Å²) < 4.78 is 2.54. The number of aryl methyl sites for hydroxylation is 1. The van der Waals surface area contributed by atoms with Gasteiger partial charge in [-0.05, 0) is 42.7 Å². The zero-order valence-electron chi connectivity index (χ0n) is 16.3. The van der Waals surface area contributed by atoms with Crippen molar-refractivity contribution in [1.82, 2.24) is 9.55 Å². The molecule has 3 nitrogen and oxygen atoms in total. The molecule has 0 amide bonds. The Morgan fingerprint density at radius 3 is 2.66 bits per heavy atom. The molecule has 0 saturated carbocycles. The molecule has 0 radical (unpaired) electrons. The lowest BCUT2D eigenvalue weighted by Gasteiger charge is -2.11. The summed E-state index contributed by atoms with van der Waals surface area (Å²) >= 11 is 9.21. The molecule has 0 unspecified atom stereocenters. The van der Waals surface area contributed by atoms with Gasteiger partial charge in [0.15, 0.2) is 5.16 Å². The van der Waals surface area contributed by atoms with Crippen LogP contribution >= 0.6 is 34.7 Å². The molecule has 0 N–H and O–H groups in total. The Labute approximate surface area is 183 Å². The standard InChI is InChI=1S/C23H21ClN2OS2/c1-3-11-26-22(27)21-19(13-20(29-21)17-9-7-15(2)8-10-17)25-23(26)28-14-16-5-4-6-18(24)12-16/h4-10,12-13H,3,11,14H2,1-2H3. The Morgan fingerprint density at radius 1 is 1.14 bits per heavy atom. The second-order valence-corrected chi connectivity index (χ2v) is 9.39. The average molecular weight is 441 g/mol. The SMILES string of the molecule is CCCn1c(SCc2cccc(Cl)c2)nc2cc(-c3ccc(C)cc3)sc2c1=O. The first-order valence-electron chi connectivity index (χ1n) is 9.54. The molecule has 4 rings (SSSR count). The lowest BCUT2D eigenvalue weighted by atomic mass is 10.1. The molecule has 2 heterocycles. The summed E-state index contributed by atoms with van der Waals surface area (Å²) in [6.45, 7) is 4.81. The van der Waals surface area contributed by atoms with Crippen molar-refractivity contribution in [2.75, 3.05) is 0 Å². The quantitative estimate of drug-likeness (QED) is 0.244. The van der Waals surface area contributed by atoms with Crippen LogP contribution < -0.4 is 5.56 Å². The average Bonchev–Trinajstić information content (AvgIpc) is 3.14. The van der Waals surface area contributed by atoms with Crippen LogP contribution in [0.4, 0.5) is 0 Å². The van der Waals surface area contributed by atoms with Gasteiger partial charge in [-0.3, -0.25) is 9.36 Å².